The molecule has 3 atom stereocenters. The summed E-state index contributed by atoms with van der Waals surface area (Å²) in [6, 6.07) is 1.90. The Morgan fingerprint density at radius 1 is 1.33 bits per heavy atom. The number of carbonyl (C=O) groups is 2. The number of pyridine rings is 1. The van der Waals surface area contributed by atoms with E-state index in [-0.39, 0.29) is 17.5 Å². The number of amides is 1. The number of nitrogens with zero attached hydrogens (tertiary/aromatic N) is 2. The number of hydrogen-bond acceptors (Lipinski definition) is 3. The van der Waals surface area contributed by atoms with Gasteiger partial charge in [-0.05, 0) is 37.3 Å². The molecule has 0 aromatic carbocycles. The van der Waals surface area contributed by atoms with Gasteiger partial charge < -0.3 is 10.0 Å². The Morgan fingerprint density at radius 3 is 2.81 bits per heavy atom. The van der Waals surface area contributed by atoms with Gasteiger partial charge in [-0.2, -0.15) is 4.39 Å². The molecular weight excluding hydrogens is 275 g/mol. The molecule has 0 spiro atoms. The van der Waals surface area contributed by atoms with Crippen LogP contribution in [0.3, 0.4) is 0 Å². The predicted octanol–water partition coefficient (Wildman–Crippen LogP) is 2.08. The average Bonchev–Trinajstić information content (AvgIpc) is 2.86. The van der Waals surface area contributed by atoms with Crippen LogP contribution in [0.1, 0.15) is 42.5 Å². The zero-order valence-electron chi connectivity index (χ0n) is 11.5. The van der Waals surface area contributed by atoms with Crippen LogP contribution in [0.15, 0.2) is 18.3 Å². The Hall–Kier alpha value is -1.98. The Balaban J connectivity index is 1.95. The Morgan fingerprint density at radius 2 is 2.10 bits per heavy atom. The molecule has 5 nitrogen and oxygen atoms in total. The summed E-state index contributed by atoms with van der Waals surface area (Å²) >= 11 is 0. The van der Waals surface area contributed by atoms with Gasteiger partial charge in [0.2, 0.25) is 5.95 Å². The van der Waals surface area contributed by atoms with E-state index < -0.39 is 23.9 Å². The van der Waals surface area contributed by atoms with Crippen LogP contribution in [0.4, 0.5) is 4.39 Å². The van der Waals surface area contributed by atoms with E-state index in [0.29, 0.717) is 6.42 Å². The fraction of sp³-hybridized carbons (Fsp3) is 0.533. The maximum Gasteiger partial charge on any atom is 0.326 e. The van der Waals surface area contributed by atoms with Crippen LogP contribution in [0.25, 0.3) is 0 Å². The molecule has 1 saturated carbocycles. The summed E-state index contributed by atoms with van der Waals surface area (Å²) < 4.78 is 13.7. The molecule has 2 fully saturated rings. The third kappa shape index (κ3) is 2.39. The number of rotatable bonds is 2. The highest BCUT2D eigenvalue weighted by Gasteiger charge is 2.48. The average molecular weight is 292 g/mol. The zero-order chi connectivity index (χ0) is 15.0. The van der Waals surface area contributed by atoms with E-state index in [1.54, 1.807) is 0 Å². The second-order valence-corrected chi connectivity index (χ2v) is 5.76. The van der Waals surface area contributed by atoms with E-state index in [2.05, 4.69) is 4.98 Å². The van der Waals surface area contributed by atoms with Gasteiger partial charge in [-0.1, -0.05) is 12.8 Å². The molecule has 3 unspecified atom stereocenters. The number of aromatic nitrogens is 1. The maximum atomic E-state index is 13.7. The number of carboxylic acid groups (broad SMARTS) is 1. The molecule has 2 heterocycles. The summed E-state index contributed by atoms with van der Waals surface area (Å²) in [6.07, 6.45) is 5.52. The summed E-state index contributed by atoms with van der Waals surface area (Å²) in [5, 5.41) is 9.39. The second-order valence-electron chi connectivity index (χ2n) is 5.76. The van der Waals surface area contributed by atoms with Crippen molar-refractivity contribution in [2.45, 2.75) is 44.2 Å². The number of hydrogen-bond donors (Lipinski definition) is 1. The van der Waals surface area contributed by atoms with Crippen molar-refractivity contribution in [1.29, 1.82) is 0 Å². The molecule has 0 bridgehead atoms. The molecule has 1 saturated heterocycles. The van der Waals surface area contributed by atoms with Crippen LogP contribution >= 0.6 is 0 Å². The van der Waals surface area contributed by atoms with Crippen molar-refractivity contribution in [2.75, 3.05) is 0 Å². The molecule has 1 aromatic rings. The van der Waals surface area contributed by atoms with Gasteiger partial charge in [-0.25, -0.2) is 9.78 Å². The van der Waals surface area contributed by atoms with Crippen molar-refractivity contribution in [3.8, 4) is 0 Å². The smallest absolute Gasteiger partial charge is 0.326 e. The van der Waals surface area contributed by atoms with Gasteiger partial charge in [0.1, 0.15) is 6.04 Å². The van der Waals surface area contributed by atoms with Gasteiger partial charge in [0.05, 0.1) is 5.56 Å². The van der Waals surface area contributed by atoms with Gasteiger partial charge in [0, 0.05) is 12.2 Å². The highest BCUT2D eigenvalue weighted by Crippen LogP contribution is 2.40. The van der Waals surface area contributed by atoms with Crippen LogP contribution in [0.2, 0.25) is 0 Å². The number of halogens is 1. The molecule has 2 aliphatic rings. The molecule has 1 amide bonds. The van der Waals surface area contributed by atoms with Crippen molar-refractivity contribution in [3.05, 3.63) is 29.8 Å². The van der Waals surface area contributed by atoms with Crippen molar-refractivity contribution < 1.29 is 19.1 Å². The number of carbonyl (C=O) groups excluding carboxylic acids is 1. The number of aliphatic carboxylic acids is 1. The first kappa shape index (κ1) is 14.0. The number of likely N-dealkylation sites (tertiary alicyclic amines) is 1. The van der Waals surface area contributed by atoms with Gasteiger partial charge in [-0.3, -0.25) is 4.79 Å². The van der Waals surface area contributed by atoms with Crippen molar-refractivity contribution >= 4 is 11.9 Å². The predicted molar refractivity (Wildman–Crippen MR) is 72.2 cm³/mol. The van der Waals surface area contributed by atoms with Crippen molar-refractivity contribution in [1.82, 2.24) is 9.88 Å². The second kappa shape index (κ2) is 5.42. The molecule has 6 heteroatoms. The number of fused-ring (bicyclic) bond motifs is 1. The van der Waals surface area contributed by atoms with Gasteiger partial charge in [-0.15, -0.1) is 0 Å². The van der Waals surface area contributed by atoms with Crippen LogP contribution < -0.4 is 0 Å². The third-order valence-corrected chi connectivity index (χ3v) is 4.60. The van der Waals surface area contributed by atoms with Crippen molar-refractivity contribution in [2.24, 2.45) is 5.92 Å². The summed E-state index contributed by atoms with van der Waals surface area (Å²) in [7, 11) is 0. The topological polar surface area (TPSA) is 70.5 Å². The maximum absolute atomic E-state index is 13.7. The summed E-state index contributed by atoms with van der Waals surface area (Å²) in [5.74, 6) is -2.20. The lowest BCUT2D eigenvalue weighted by molar-refractivity contribution is -0.141. The zero-order valence-corrected chi connectivity index (χ0v) is 11.5. The van der Waals surface area contributed by atoms with Crippen LogP contribution in [-0.4, -0.2) is 39.0 Å². The third-order valence-electron chi connectivity index (χ3n) is 4.60. The van der Waals surface area contributed by atoms with E-state index >= 15 is 0 Å². The quantitative estimate of drug-likeness (QED) is 0.847. The summed E-state index contributed by atoms with van der Waals surface area (Å²) in [6.45, 7) is 0. The fourth-order valence-electron chi connectivity index (χ4n) is 3.66. The summed E-state index contributed by atoms with van der Waals surface area (Å²) in [5.41, 5.74) is -0.144. The monoisotopic (exact) mass is 292 g/mol. The highest BCUT2D eigenvalue weighted by molar-refractivity contribution is 5.97. The Labute approximate surface area is 121 Å². The van der Waals surface area contributed by atoms with Crippen molar-refractivity contribution in [3.63, 3.8) is 0 Å². The summed E-state index contributed by atoms with van der Waals surface area (Å²) in [4.78, 5) is 29.0. The SMILES string of the molecule is O=C(O)C1CC2CCCCC2N1C(=O)c1cccnc1F. The molecule has 0 radical (unpaired) electrons. The van der Waals surface area contributed by atoms with Crippen LogP contribution in [0, 0.1) is 11.9 Å². The lowest BCUT2D eigenvalue weighted by Gasteiger charge is -2.33. The minimum absolute atomic E-state index is 0.0908. The van der Waals surface area contributed by atoms with Crippen LogP contribution in [0.5, 0.6) is 0 Å². The molecule has 21 heavy (non-hydrogen) atoms. The first-order chi connectivity index (χ1) is 10.1. The first-order valence-electron chi connectivity index (χ1n) is 7.25. The van der Waals surface area contributed by atoms with E-state index in [1.807, 2.05) is 0 Å². The number of carboxylic acids is 1. The van der Waals surface area contributed by atoms with E-state index in [9.17, 15) is 19.1 Å². The molecular formula is C15H17FN2O3. The fourth-order valence-corrected chi connectivity index (χ4v) is 3.66. The Bertz CT molecular complexity index is 578. The minimum Gasteiger partial charge on any atom is -0.480 e. The lowest BCUT2D eigenvalue weighted by atomic mass is 9.84. The molecule has 1 aliphatic heterocycles. The largest absolute Gasteiger partial charge is 0.480 e. The Kier molecular flexibility index (Phi) is 3.61. The van der Waals surface area contributed by atoms with E-state index in [0.717, 1.165) is 25.7 Å². The van der Waals surface area contributed by atoms with Crippen LogP contribution in [-0.2, 0) is 4.79 Å². The normalized spacial score (nSPS) is 28.2. The lowest BCUT2D eigenvalue weighted by Crippen LogP contribution is -2.46. The standard InChI is InChI=1S/C15H17FN2O3/c16-13-10(5-3-7-17-13)14(19)18-11-6-2-1-4-9(11)8-12(18)15(20)21/h3,5,7,9,11-12H,1-2,4,6,8H2,(H,20,21). The van der Waals surface area contributed by atoms with Gasteiger partial charge in [0.25, 0.3) is 5.91 Å². The molecule has 1 N–H and O–H groups in total. The molecule has 1 aromatic heterocycles. The highest BCUT2D eigenvalue weighted by atomic mass is 19.1. The molecule has 1 aliphatic carbocycles. The molecule has 112 valence electrons. The van der Waals surface area contributed by atoms with Gasteiger partial charge in [0.15, 0.2) is 0 Å². The first-order valence-corrected chi connectivity index (χ1v) is 7.25. The van der Waals surface area contributed by atoms with Gasteiger partial charge >= 0.3 is 5.97 Å². The van der Waals surface area contributed by atoms with E-state index in [1.165, 1.54) is 23.2 Å². The van der Waals surface area contributed by atoms with E-state index in [4.69, 9.17) is 0 Å². The molecule has 3 rings (SSSR count). The minimum atomic E-state index is -1.01.